The van der Waals surface area contributed by atoms with E-state index in [1.165, 1.54) is 11.4 Å². The zero-order chi connectivity index (χ0) is 13.2. The SMILES string of the molecule is Cc1ccc(-c2cccc(Cl)c2)n1-c1ccccc1. The Labute approximate surface area is 118 Å². The third-order valence-electron chi connectivity index (χ3n) is 3.21. The number of rotatable bonds is 2. The minimum Gasteiger partial charge on any atom is -0.314 e. The van der Waals surface area contributed by atoms with Crippen LogP contribution in [0.2, 0.25) is 5.02 Å². The van der Waals surface area contributed by atoms with Gasteiger partial charge in [0.25, 0.3) is 0 Å². The highest BCUT2D eigenvalue weighted by molar-refractivity contribution is 6.30. The molecule has 2 aromatic carbocycles. The van der Waals surface area contributed by atoms with Crippen LogP contribution in [0, 0.1) is 6.92 Å². The highest BCUT2D eigenvalue weighted by Crippen LogP contribution is 2.27. The molecule has 0 saturated carbocycles. The summed E-state index contributed by atoms with van der Waals surface area (Å²) in [7, 11) is 0. The molecule has 0 aliphatic heterocycles. The van der Waals surface area contributed by atoms with Gasteiger partial charge in [0.2, 0.25) is 0 Å². The highest BCUT2D eigenvalue weighted by atomic mass is 35.5. The summed E-state index contributed by atoms with van der Waals surface area (Å²) in [6, 6.07) is 22.6. The summed E-state index contributed by atoms with van der Waals surface area (Å²) in [6.45, 7) is 2.11. The molecule has 0 N–H and O–H groups in total. The summed E-state index contributed by atoms with van der Waals surface area (Å²) in [4.78, 5) is 0. The van der Waals surface area contributed by atoms with Gasteiger partial charge in [-0.15, -0.1) is 0 Å². The van der Waals surface area contributed by atoms with Crippen LogP contribution in [0.25, 0.3) is 16.9 Å². The van der Waals surface area contributed by atoms with Gasteiger partial charge < -0.3 is 4.57 Å². The first kappa shape index (κ1) is 12.1. The van der Waals surface area contributed by atoms with E-state index in [2.05, 4.69) is 54.0 Å². The summed E-state index contributed by atoms with van der Waals surface area (Å²) in [5, 5.41) is 0.760. The van der Waals surface area contributed by atoms with Crippen LogP contribution >= 0.6 is 11.6 Å². The van der Waals surface area contributed by atoms with E-state index in [1.54, 1.807) is 0 Å². The number of halogens is 1. The molecule has 3 aromatic rings. The first-order valence-electron chi connectivity index (χ1n) is 6.25. The van der Waals surface area contributed by atoms with Gasteiger partial charge in [-0.3, -0.25) is 0 Å². The van der Waals surface area contributed by atoms with E-state index in [1.807, 2.05) is 24.3 Å². The lowest BCUT2D eigenvalue weighted by atomic mass is 10.1. The van der Waals surface area contributed by atoms with Crippen molar-refractivity contribution >= 4 is 11.6 Å². The molecular weight excluding hydrogens is 254 g/mol. The molecule has 1 nitrogen and oxygen atoms in total. The quantitative estimate of drug-likeness (QED) is 0.608. The van der Waals surface area contributed by atoms with E-state index >= 15 is 0 Å². The largest absolute Gasteiger partial charge is 0.314 e. The standard InChI is InChI=1S/C17H14ClN/c1-13-10-11-17(14-6-5-7-15(18)12-14)19(13)16-8-3-2-4-9-16/h2-12H,1H3. The summed E-state index contributed by atoms with van der Waals surface area (Å²) in [5.41, 5.74) is 4.66. The van der Waals surface area contributed by atoms with Crippen molar-refractivity contribution < 1.29 is 0 Å². The van der Waals surface area contributed by atoms with Crippen LogP contribution in [0.1, 0.15) is 5.69 Å². The van der Waals surface area contributed by atoms with E-state index in [0.717, 1.165) is 16.3 Å². The number of benzene rings is 2. The van der Waals surface area contributed by atoms with Gasteiger partial charge >= 0.3 is 0 Å². The van der Waals surface area contributed by atoms with Crippen molar-refractivity contribution in [3.05, 3.63) is 77.4 Å². The molecule has 0 amide bonds. The van der Waals surface area contributed by atoms with Crippen molar-refractivity contribution in [2.75, 3.05) is 0 Å². The summed E-state index contributed by atoms with van der Waals surface area (Å²) < 4.78 is 2.24. The van der Waals surface area contributed by atoms with Gasteiger partial charge in [-0.05, 0) is 48.9 Å². The van der Waals surface area contributed by atoms with E-state index in [0.29, 0.717) is 0 Å². The molecule has 0 fully saturated rings. The lowest BCUT2D eigenvalue weighted by Gasteiger charge is -2.12. The molecule has 1 aromatic heterocycles. The molecule has 2 heteroatoms. The number of hydrogen-bond donors (Lipinski definition) is 0. The molecule has 94 valence electrons. The van der Waals surface area contributed by atoms with Gasteiger partial charge in [0.15, 0.2) is 0 Å². The Balaban J connectivity index is 2.19. The minimum absolute atomic E-state index is 0.760. The van der Waals surface area contributed by atoms with Crippen LogP contribution in [0.3, 0.4) is 0 Å². The van der Waals surface area contributed by atoms with E-state index < -0.39 is 0 Å². The van der Waals surface area contributed by atoms with Crippen LogP contribution in [0.4, 0.5) is 0 Å². The van der Waals surface area contributed by atoms with E-state index in [9.17, 15) is 0 Å². The Morgan fingerprint density at radius 1 is 0.842 bits per heavy atom. The van der Waals surface area contributed by atoms with Crippen molar-refractivity contribution in [2.24, 2.45) is 0 Å². The Hall–Kier alpha value is -1.99. The predicted molar refractivity (Wildman–Crippen MR) is 81.0 cm³/mol. The summed E-state index contributed by atoms with van der Waals surface area (Å²) in [6.07, 6.45) is 0. The third-order valence-corrected chi connectivity index (χ3v) is 3.45. The maximum atomic E-state index is 6.09. The normalized spacial score (nSPS) is 10.6. The van der Waals surface area contributed by atoms with Crippen molar-refractivity contribution in [3.8, 4) is 16.9 Å². The second-order valence-electron chi connectivity index (χ2n) is 4.54. The number of aromatic nitrogens is 1. The van der Waals surface area contributed by atoms with Crippen LogP contribution in [-0.2, 0) is 0 Å². The number of para-hydroxylation sites is 1. The van der Waals surface area contributed by atoms with Crippen LogP contribution in [0.15, 0.2) is 66.7 Å². The van der Waals surface area contributed by atoms with Crippen molar-refractivity contribution in [1.82, 2.24) is 4.57 Å². The fourth-order valence-electron chi connectivity index (χ4n) is 2.33. The molecule has 0 aliphatic carbocycles. The van der Waals surface area contributed by atoms with Gasteiger partial charge in [0.1, 0.15) is 0 Å². The molecular formula is C17H14ClN. The summed E-state index contributed by atoms with van der Waals surface area (Å²) >= 11 is 6.09. The first-order chi connectivity index (χ1) is 9.25. The fraction of sp³-hybridized carbons (Fsp3) is 0.0588. The minimum atomic E-state index is 0.760. The number of aryl methyl sites for hydroxylation is 1. The molecule has 0 saturated heterocycles. The van der Waals surface area contributed by atoms with Crippen LogP contribution in [0.5, 0.6) is 0 Å². The molecule has 1 heterocycles. The second-order valence-corrected chi connectivity index (χ2v) is 4.98. The third kappa shape index (κ3) is 2.29. The van der Waals surface area contributed by atoms with Gasteiger partial charge in [-0.25, -0.2) is 0 Å². The molecule has 0 bridgehead atoms. The molecule has 19 heavy (non-hydrogen) atoms. The fourth-order valence-corrected chi connectivity index (χ4v) is 2.52. The Morgan fingerprint density at radius 2 is 1.63 bits per heavy atom. The van der Waals surface area contributed by atoms with Crippen molar-refractivity contribution in [2.45, 2.75) is 6.92 Å². The molecule has 0 radical (unpaired) electrons. The van der Waals surface area contributed by atoms with E-state index in [-0.39, 0.29) is 0 Å². The Bertz CT molecular complexity index is 698. The summed E-state index contributed by atoms with van der Waals surface area (Å²) in [5.74, 6) is 0. The molecule has 3 rings (SSSR count). The zero-order valence-electron chi connectivity index (χ0n) is 10.7. The van der Waals surface area contributed by atoms with Crippen LogP contribution in [-0.4, -0.2) is 4.57 Å². The molecule has 0 unspecified atom stereocenters. The number of hydrogen-bond acceptors (Lipinski definition) is 0. The van der Waals surface area contributed by atoms with Crippen molar-refractivity contribution in [3.63, 3.8) is 0 Å². The topological polar surface area (TPSA) is 4.93 Å². The van der Waals surface area contributed by atoms with Gasteiger partial charge in [-0.2, -0.15) is 0 Å². The van der Waals surface area contributed by atoms with Gasteiger partial charge in [-0.1, -0.05) is 41.9 Å². The second kappa shape index (κ2) is 4.94. The maximum Gasteiger partial charge on any atom is 0.0531 e. The Morgan fingerprint density at radius 3 is 2.37 bits per heavy atom. The lowest BCUT2D eigenvalue weighted by molar-refractivity contribution is 1.02. The molecule has 0 aliphatic rings. The molecule has 0 atom stereocenters. The molecule has 0 spiro atoms. The van der Waals surface area contributed by atoms with Gasteiger partial charge in [0, 0.05) is 16.4 Å². The zero-order valence-corrected chi connectivity index (χ0v) is 11.4. The Kier molecular flexibility index (Phi) is 3.14. The number of nitrogens with zero attached hydrogens (tertiary/aromatic N) is 1. The smallest absolute Gasteiger partial charge is 0.0531 e. The average Bonchev–Trinajstić information content (AvgIpc) is 2.82. The van der Waals surface area contributed by atoms with Crippen LogP contribution < -0.4 is 0 Å². The average molecular weight is 268 g/mol. The van der Waals surface area contributed by atoms with Gasteiger partial charge in [0.05, 0.1) is 5.69 Å². The first-order valence-corrected chi connectivity index (χ1v) is 6.63. The van der Waals surface area contributed by atoms with E-state index in [4.69, 9.17) is 11.6 Å². The lowest BCUT2D eigenvalue weighted by Crippen LogP contribution is -1.98. The maximum absolute atomic E-state index is 6.09. The monoisotopic (exact) mass is 267 g/mol. The predicted octanol–water partition coefficient (Wildman–Crippen LogP) is 5.11. The van der Waals surface area contributed by atoms with Crippen molar-refractivity contribution in [1.29, 1.82) is 0 Å². The highest BCUT2D eigenvalue weighted by Gasteiger charge is 2.09.